The summed E-state index contributed by atoms with van der Waals surface area (Å²) in [6, 6.07) is 17.7. The fourth-order valence-electron chi connectivity index (χ4n) is 2.49. The molecule has 5 heteroatoms. The van der Waals surface area contributed by atoms with Crippen LogP contribution in [0.25, 0.3) is 11.3 Å². The molecule has 2 amide bonds. The number of para-hydroxylation sites is 1. The predicted octanol–water partition coefficient (Wildman–Crippen LogP) is 4.36. The van der Waals surface area contributed by atoms with Crippen molar-refractivity contribution in [3.63, 3.8) is 0 Å². The minimum Gasteiger partial charge on any atom is -0.307 e. The first kappa shape index (κ1) is 13.0. The highest BCUT2D eigenvalue weighted by Gasteiger charge is 2.25. The predicted molar refractivity (Wildman–Crippen MR) is 89.2 cm³/mol. The maximum Gasteiger partial charge on any atom is 0.328 e. The third-order valence-electron chi connectivity index (χ3n) is 3.63. The highest BCUT2D eigenvalue weighted by atomic mass is 32.1. The van der Waals surface area contributed by atoms with E-state index in [0.717, 1.165) is 22.5 Å². The summed E-state index contributed by atoms with van der Waals surface area (Å²) in [4.78, 5) is 18.6. The summed E-state index contributed by atoms with van der Waals surface area (Å²) >= 11 is 1.48. The number of rotatable bonds is 2. The largest absolute Gasteiger partial charge is 0.328 e. The minimum atomic E-state index is -0.132. The van der Waals surface area contributed by atoms with Crippen molar-refractivity contribution >= 4 is 28.2 Å². The molecule has 1 aliphatic heterocycles. The summed E-state index contributed by atoms with van der Waals surface area (Å²) in [7, 11) is 0. The van der Waals surface area contributed by atoms with E-state index in [1.165, 1.54) is 11.3 Å². The van der Waals surface area contributed by atoms with Crippen LogP contribution < -0.4 is 10.2 Å². The highest BCUT2D eigenvalue weighted by Crippen LogP contribution is 2.32. The SMILES string of the molecule is O=C1Nc2ccccc2CN1c1nc(-c2ccccc2)cs1. The molecule has 4 rings (SSSR count). The van der Waals surface area contributed by atoms with Crippen molar-refractivity contribution in [1.29, 1.82) is 0 Å². The van der Waals surface area contributed by atoms with Crippen molar-refractivity contribution in [3.05, 3.63) is 65.5 Å². The first-order valence-electron chi connectivity index (χ1n) is 6.98. The average Bonchev–Trinajstić information content (AvgIpc) is 3.05. The number of fused-ring (bicyclic) bond motifs is 1. The van der Waals surface area contributed by atoms with Gasteiger partial charge in [-0.25, -0.2) is 9.78 Å². The van der Waals surface area contributed by atoms with Crippen molar-refractivity contribution in [2.24, 2.45) is 0 Å². The first-order chi connectivity index (χ1) is 10.8. The Hall–Kier alpha value is -2.66. The lowest BCUT2D eigenvalue weighted by Gasteiger charge is -2.27. The molecule has 0 radical (unpaired) electrons. The molecule has 0 spiro atoms. The van der Waals surface area contributed by atoms with Crippen LogP contribution in [0.4, 0.5) is 15.6 Å². The molecule has 4 nitrogen and oxygen atoms in total. The van der Waals surface area contributed by atoms with Gasteiger partial charge in [0.1, 0.15) is 0 Å². The maximum atomic E-state index is 12.3. The molecule has 0 fully saturated rings. The molecule has 0 saturated heterocycles. The van der Waals surface area contributed by atoms with E-state index < -0.39 is 0 Å². The van der Waals surface area contributed by atoms with Gasteiger partial charge in [0.15, 0.2) is 5.13 Å². The number of urea groups is 1. The van der Waals surface area contributed by atoms with Crippen LogP contribution in [-0.2, 0) is 6.54 Å². The number of carbonyl (C=O) groups is 1. The molecule has 108 valence electrons. The summed E-state index contributed by atoms with van der Waals surface area (Å²) in [5.74, 6) is 0. The molecule has 1 aliphatic rings. The van der Waals surface area contributed by atoms with Crippen LogP contribution in [0.5, 0.6) is 0 Å². The number of hydrogen-bond donors (Lipinski definition) is 1. The Morgan fingerprint density at radius 2 is 1.82 bits per heavy atom. The molecule has 1 aromatic heterocycles. The molecular weight excluding hydrogens is 294 g/mol. The number of thiazole rings is 1. The molecule has 0 saturated carbocycles. The highest BCUT2D eigenvalue weighted by molar-refractivity contribution is 7.14. The van der Waals surface area contributed by atoms with Crippen molar-refractivity contribution in [1.82, 2.24) is 4.98 Å². The molecule has 0 aliphatic carbocycles. The van der Waals surface area contributed by atoms with E-state index in [-0.39, 0.29) is 6.03 Å². The third kappa shape index (κ3) is 2.25. The fraction of sp³-hybridized carbons (Fsp3) is 0.0588. The van der Waals surface area contributed by atoms with Crippen LogP contribution in [-0.4, -0.2) is 11.0 Å². The Bertz CT molecular complexity index is 829. The van der Waals surface area contributed by atoms with Crippen LogP contribution in [0, 0.1) is 0 Å². The minimum absolute atomic E-state index is 0.132. The lowest BCUT2D eigenvalue weighted by atomic mass is 10.1. The quantitative estimate of drug-likeness (QED) is 0.764. The van der Waals surface area contributed by atoms with Gasteiger partial charge >= 0.3 is 6.03 Å². The van der Waals surface area contributed by atoms with Gasteiger partial charge in [-0.15, -0.1) is 11.3 Å². The monoisotopic (exact) mass is 307 g/mol. The van der Waals surface area contributed by atoms with Crippen LogP contribution in [0.1, 0.15) is 5.56 Å². The van der Waals surface area contributed by atoms with Crippen LogP contribution in [0.2, 0.25) is 0 Å². The zero-order chi connectivity index (χ0) is 14.9. The Labute approximate surface area is 132 Å². The fourth-order valence-corrected chi connectivity index (χ4v) is 3.32. The molecule has 22 heavy (non-hydrogen) atoms. The smallest absolute Gasteiger partial charge is 0.307 e. The summed E-state index contributed by atoms with van der Waals surface area (Å²) in [5, 5.41) is 5.61. The normalized spacial score (nSPS) is 13.6. The molecule has 0 bridgehead atoms. The zero-order valence-electron chi connectivity index (χ0n) is 11.7. The van der Waals surface area contributed by atoms with Gasteiger partial charge in [0.2, 0.25) is 0 Å². The van der Waals surface area contributed by atoms with Gasteiger partial charge in [0, 0.05) is 16.6 Å². The average molecular weight is 307 g/mol. The Kier molecular flexibility index (Phi) is 3.12. The number of aromatic nitrogens is 1. The standard InChI is InChI=1S/C17H13N3OS/c21-16-18-14-9-5-4-8-13(14)10-20(16)17-19-15(11-22-17)12-6-2-1-3-7-12/h1-9,11H,10H2,(H,18,21). The van der Waals surface area contributed by atoms with E-state index in [4.69, 9.17) is 0 Å². The molecule has 2 heterocycles. The molecule has 0 atom stereocenters. The molecule has 0 unspecified atom stereocenters. The second-order valence-corrected chi connectivity index (χ2v) is 5.89. The number of carbonyl (C=O) groups excluding carboxylic acids is 1. The van der Waals surface area contributed by atoms with E-state index in [0.29, 0.717) is 11.7 Å². The summed E-state index contributed by atoms with van der Waals surface area (Å²) in [5.41, 5.74) is 3.93. The van der Waals surface area contributed by atoms with Crippen molar-refractivity contribution in [2.45, 2.75) is 6.54 Å². The molecule has 3 aromatic rings. The Morgan fingerprint density at radius 1 is 1.05 bits per heavy atom. The number of nitrogens with zero attached hydrogens (tertiary/aromatic N) is 2. The number of anilines is 2. The lowest BCUT2D eigenvalue weighted by molar-refractivity contribution is 0.256. The molecular formula is C17H13N3OS. The summed E-state index contributed by atoms with van der Waals surface area (Å²) in [6.07, 6.45) is 0. The number of amides is 2. The van der Waals surface area contributed by atoms with Crippen LogP contribution in [0.15, 0.2) is 60.0 Å². The van der Waals surface area contributed by atoms with Gasteiger partial charge in [-0.3, -0.25) is 4.90 Å². The lowest BCUT2D eigenvalue weighted by Crippen LogP contribution is -2.38. The Balaban J connectivity index is 1.66. The van der Waals surface area contributed by atoms with Gasteiger partial charge < -0.3 is 5.32 Å². The number of hydrogen-bond acceptors (Lipinski definition) is 3. The summed E-state index contributed by atoms with van der Waals surface area (Å²) < 4.78 is 0. The van der Waals surface area contributed by atoms with E-state index >= 15 is 0 Å². The van der Waals surface area contributed by atoms with E-state index in [9.17, 15) is 4.79 Å². The summed E-state index contributed by atoms with van der Waals surface area (Å²) in [6.45, 7) is 0.545. The Morgan fingerprint density at radius 3 is 2.68 bits per heavy atom. The molecule has 1 N–H and O–H groups in total. The third-order valence-corrected chi connectivity index (χ3v) is 4.49. The maximum absolute atomic E-state index is 12.3. The van der Waals surface area contributed by atoms with Gasteiger partial charge in [-0.1, -0.05) is 48.5 Å². The molecule has 2 aromatic carbocycles. The topological polar surface area (TPSA) is 45.2 Å². The van der Waals surface area contributed by atoms with Crippen molar-refractivity contribution < 1.29 is 4.79 Å². The first-order valence-corrected chi connectivity index (χ1v) is 7.86. The van der Waals surface area contributed by atoms with Gasteiger partial charge in [-0.05, 0) is 11.6 Å². The van der Waals surface area contributed by atoms with Gasteiger partial charge in [0.05, 0.1) is 12.2 Å². The van der Waals surface area contributed by atoms with Crippen molar-refractivity contribution in [2.75, 3.05) is 10.2 Å². The van der Waals surface area contributed by atoms with Crippen LogP contribution >= 0.6 is 11.3 Å². The number of benzene rings is 2. The van der Waals surface area contributed by atoms with Gasteiger partial charge in [-0.2, -0.15) is 0 Å². The van der Waals surface area contributed by atoms with E-state index in [1.807, 2.05) is 60.0 Å². The second-order valence-electron chi connectivity index (χ2n) is 5.05. The van der Waals surface area contributed by atoms with E-state index in [2.05, 4.69) is 10.3 Å². The second kappa shape index (κ2) is 5.27. The van der Waals surface area contributed by atoms with Gasteiger partial charge in [0.25, 0.3) is 0 Å². The number of nitrogens with one attached hydrogen (secondary N) is 1. The zero-order valence-corrected chi connectivity index (χ0v) is 12.5. The van der Waals surface area contributed by atoms with Crippen molar-refractivity contribution in [3.8, 4) is 11.3 Å². The van der Waals surface area contributed by atoms with E-state index in [1.54, 1.807) is 4.90 Å². The van der Waals surface area contributed by atoms with Crippen LogP contribution in [0.3, 0.4) is 0 Å².